The van der Waals surface area contributed by atoms with E-state index in [1.54, 1.807) is 11.9 Å². The van der Waals surface area contributed by atoms with Crippen molar-refractivity contribution in [3.05, 3.63) is 0 Å². The minimum absolute atomic E-state index is 0.0932. The van der Waals surface area contributed by atoms with Gasteiger partial charge in [-0.25, -0.2) is 0 Å². The lowest BCUT2D eigenvalue weighted by molar-refractivity contribution is -0.129. The van der Waals surface area contributed by atoms with Crippen LogP contribution in [-0.2, 0) is 9.59 Å². The van der Waals surface area contributed by atoms with Crippen LogP contribution in [-0.4, -0.2) is 53.1 Å². The zero-order valence-corrected chi connectivity index (χ0v) is 32.1. The van der Waals surface area contributed by atoms with Crippen molar-refractivity contribution >= 4 is 11.6 Å². The summed E-state index contributed by atoms with van der Waals surface area (Å²) in [6.07, 6.45) is 39.1. The monoisotopic (exact) mass is 666 g/mol. The lowest BCUT2D eigenvalue weighted by atomic mass is 9.91. The molecule has 0 aromatic rings. The van der Waals surface area contributed by atoms with Gasteiger partial charge in [0.2, 0.25) is 0 Å². The predicted molar refractivity (Wildman–Crippen MR) is 203 cm³/mol. The second-order valence-electron chi connectivity index (χ2n) is 15.0. The van der Waals surface area contributed by atoms with E-state index in [2.05, 4.69) is 13.8 Å². The van der Waals surface area contributed by atoms with E-state index in [9.17, 15) is 19.8 Å². The highest BCUT2D eigenvalue weighted by molar-refractivity contribution is 5.88. The van der Waals surface area contributed by atoms with Gasteiger partial charge in [0, 0.05) is 38.3 Å². The first-order valence-corrected chi connectivity index (χ1v) is 21.0. The third-order valence-corrected chi connectivity index (χ3v) is 10.0. The molecule has 0 aliphatic carbocycles. The number of rotatable bonds is 39. The van der Waals surface area contributed by atoms with Gasteiger partial charge in [-0.1, -0.05) is 194 Å². The molecule has 0 radical (unpaired) electrons. The van der Waals surface area contributed by atoms with E-state index in [-0.39, 0.29) is 24.0 Å². The maximum absolute atomic E-state index is 13.1. The number of ketones is 2. The fraction of sp³-hybridized carbons (Fsp3) is 0.952. The fourth-order valence-electron chi connectivity index (χ4n) is 6.95. The third kappa shape index (κ3) is 34.9. The molecule has 0 saturated carbocycles. The molecule has 0 fully saturated rings. The van der Waals surface area contributed by atoms with Crippen molar-refractivity contribution in [1.82, 2.24) is 4.90 Å². The first-order valence-electron chi connectivity index (χ1n) is 21.0. The molecule has 1 unspecified atom stereocenters. The summed E-state index contributed by atoms with van der Waals surface area (Å²) in [7, 11) is 1.80. The Morgan fingerprint density at radius 1 is 0.447 bits per heavy atom. The molecule has 0 rings (SSSR count). The summed E-state index contributed by atoms with van der Waals surface area (Å²) in [6, 6.07) is 0. The van der Waals surface area contributed by atoms with E-state index < -0.39 is 6.29 Å². The molecular formula is C42H83NO4. The lowest BCUT2D eigenvalue weighted by Gasteiger charge is -2.23. The number of likely N-dealkylation sites (N-methyl/N-ethyl adjacent to an activating group) is 1. The third-order valence-electron chi connectivity index (χ3n) is 10.0. The number of Topliss-reactive ketones (excluding diaryl/α,β-unsaturated/α-hetero) is 2. The Labute approximate surface area is 293 Å². The number of hydrogen-bond acceptors (Lipinski definition) is 5. The van der Waals surface area contributed by atoms with Gasteiger partial charge in [0.05, 0.1) is 0 Å². The molecule has 2 N–H and O–H groups in total. The summed E-state index contributed by atoms with van der Waals surface area (Å²) in [6.45, 7) is 5.06. The van der Waals surface area contributed by atoms with E-state index in [4.69, 9.17) is 0 Å². The van der Waals surface area contributed by atoms with Gasteiger partial charge in [-0.2, -0.15) is 0 Å². The number of carbonyl (C=O) groups excluding carboxylic acids is 2. The highest BCUT2D eigenvalue weighted by atomic mass is 16.5. The standard InChI is InChI=1S/C42H83NO4/c1-4-6-8-10-12-14-16-18-20-22-24-26-28-30-32-34-40(44)36-39(37-43(3)38-42(46)47)41(45)35-33-31-29-27-25-23-21-19-17-15-13-11-9-7-5-2/h39,42,46-47H,4-38H2,1-3H3. The largest absolute Gasteiger partial charge is 0.367 e. The molecule has 1 atom stereocenters. The van der Waals surface area contributed by atoms with Crippen molar-refractivity contribution < 1.29 is 19.8 Å². The quantitative estimate of drug-likeness (QED) is 0.0504. The van der Waals surface area contributed by atoms with Crippen molar-refractivity contribution in [2.75, 3.05) is 20.1 Å². The Morgan fingerprint density at radius 2 is 0.745 bits per heavy atom. The number of hydrogen-bond donors (Lipinski definition) is 2. The van der Waals surface area contributed by atoms with E-state index >= 15 is 0 Å². The second kappa shape index (κ2) is 36.5. The molecule has 0 saturated heterocycles. The molecule has 0 bridgehead atoms. The molecule has 0 amide bonds. The van der Waals surface area contributed by atoms with Crippen molar-refractivity contribution in [1.29, 1.82) is 0 Å². The molecule has 47 heavy (non-hydrogen) atoms. The summed E-state index contributed by atoms with van der Waals surface area (Å²) in [5.41, 5.74) is 0. The van der Waals surface area contributed by atoms with Crippen LogP contribution in [0.4, 0.5) is 0 Å². The Balaban J connectivity index is 4.00. The Hall–Kier alpha value is -0.780. The van der Waals surface area contributed by atoms with Crippen LogP contribution in [0.3, 0.4) is 0 Å². The fourth-order valence-corrected chi connectivity index (χ4v) is 6.95. The lowest BCUT2D eigenvalue weighted by Crippen LogP contribution is -2.36. The number of unbranched alkanes of at least 4 members (excludes halogenated alkanes) is 28. The molecule has 5 heteroatoms. The number of nitrogens with zero attached hydrogens (tertiary/aromatic N) is 1. The van der Waals surface area contributed by atoms with Crippen LogP contribution >= 0.6 is 0 Å². The first-order chi connectivity index (χ1) is 22.9. The van der Waals surface area contributed by atoms with Crippen LogP contribution in [0.25, 0.3) is 0 Å². The van der Waals surface area contributed by atoms with E-state index in [1.165, 1.54) is 167 Å². The minimum Gasteiger partial charge on any atom is -0.367 e. The van der Waals surface area contributed by atoms with Gasteiger partial charge in [0.1, 0.15) is 11.6 Å². The average Bonchev–Trinajstić information content (AvgIpc) is 3.04. The Bertz CT molecular complexity index is 667. The molecule has 0 spiro atoms. The van der Waals surface area contributed by atoms with Crippen LogP contribution in [0.1, 0.15) is 226 Å². The van der Waals surface area contributed by atoms with E-state index in [1.807, 2.05) is 0 Å². The average molecular weight is 666 g/mol. The summed E-state index contributed by atoms with van der Waals surface area (Å²) in [4.78, 5) is 27.8. The summed E-state index contributed by atoms with van der Waals surface area (Å²) in [5.74, 6) is 0.0190. The van der Waals surface area contributed by atoms with Gasteiger partial charge in [-0.3, -0.25) is 9.59 Å². The topological polar surface area (TPSA) is 77.8 Å². The number of aliphatic hydroxyl groups is 2. The van der Waals surface area contributed by atoms with Crippen molar-refractivity contribution in [2.24, 2.45) is 5.92 Å². The number of aliphatic hydroxyl groups excluding tert-OH is 1. The zero-order chi connectivity index (χ0) is 34.6. The Kier molecular flexibility index (Phi) is 35.9. The van der Waals surface area contributed by atoms with Crippen LogP contribution in [0, 0.1) is 5.92 Å². The van der Waals surface area contributed by atoms with Crippen molar-refractivity contribution in [2.45, 2.75) is 232 Å². The zero-order valence-electron chi connectivity index (χ0n) is 32.1. The van der Waals surface area contributed by atoms with Gasteiger partial charge in [0.15, 0.2) is 6.29 Å². The van der Waals surface area contributed by atoms with Crippen molar-refractivity contribution in [3.63, 3.8) is 0 Å². The number of carbonyl (C=O) groups is 2. The van der Waals surface area contributed by atoms with Gasteiger partial charge in [0.25, 0.3) is 0 Å². The highest BCUT2D eigenvalue weighted by Crippen LogP contribution is 2.19. The van der Waals surface area contributed by atoms with Gasteiger partial charge in [-0.05, 0) is 19.9 Å². The summed E-state index contributed by atoms with van der Waals surface area (Å²) < 4.78 is 0. The van der Waals surface area contributed by atoms with E-state index in [0.717, 1.165) is 25.7 Å². The van der Waals surface area contributed by atoms with Gasteiger partial charge in [-0.15, -0.1) is 0 Å². The molecule has 0 aliphatic heterocycles. The molecule has 0 heterocycles. The Morgan fingerprint density at radius 3 is 1.06 bits per heavy atom. The normalized spacial score (nSPS) is 12.4. The maximum Gasteiger partial charge on any atom is 0.164 e. The summed E-state index contributed by atoms with van der Waals surface area (Å²) in [5, 5.41) is 18.7. The molecule has 5 nitrogen and oxygen atoms in total. The highest BCUT2D eigenvalue weighted by Gasteiger charge is 2.23. The second-order valence-corrected chi connectivity index (χ2v) is 15.0. The van der Waals surface area contributed by atoms with Crippen LogP contribution in [0.2, 0.25) is 0 Å². The van der Waals surface area contributed by atoms with Crippen LogP contribution in [0.5, 0.6) is 0 Å². The van der Waals surface area contributed by atoms with Gasteiger partial charge >= 0.3 is 0 Å². The molecule has 280 valence electrons. The summed E-state index contributed by atoms with van der Waals surface area (Å²) >= 11 is 0. The van der Waals surface area contributed by atoms with Crippen molar-refractivity contribution in [3.8, 4) is 0 Å². The minimum atomic E-state index is -1.43. The van der Waals surface area contributed by atoms with Gasteiger partial charge < -0.3 is 15.1 Å². The maximum atomic E-state index is 13.1. The smallest absolute Gasteiger partial charge is 0.164 e. The van der Waals surface area contributed by atoms with E-state index in [0.29, 0.717) is 25.8 Å². The first kappa shape index (κ1) is 46.2. The SMILES string of the molecule is CCCCCCCCCCCCCCCCCC(=O)CC(CN(C)CC(O)O)C(=O)CCCCCCCCCCCCCCCCC. The van der Waals surface area contributed by atoms with Crippen LogP contribution in [0.15, 0.2) is 0 Å². The molecule has 0 aromatic carbocycles. The van der Waals surface area contributed by atoms with Crippen LogP contribution < -0.4 is 0 Å². The predicted octanol–water partition coefficient (Wildman–Crippen LogP) is 11.9. The molecule has 0 aromatic heterocycles. The molecule has 0 aliphatic rings. The molecular weight excluding hydrogens is 582 g/mol.